The van der Waals surface area contributed by atoms with Crippen LogP contribution in [-0.4, -0.2) is 59.4 Å². The van der Waals surface area contributed by atoms with Crippen LogP contribution in [0, 0.1) is 5.92 Å². The highest BCUT2D eigenvalue weighted by Gasteiger charge is 2.22. The maximum Gasteiger partial charge on any atom is 0.157 e. The van der Waals surface area contributed by atoms with Gasteiger partial charge >= 0.3 is 0 Å². The lowest BCUT2D eigenvalue weighted by Crippen LogP contribution is -2.26. The number of fused-ring (bicyclic) bond motifs is 1. The zero-order valence-electron chi connectivity index (χ0n) is 15.1. The largest absolute Gasteiger partial charge is 0.383 e. The van der Waals surface area contributed by atoms with Crippen LogP contribution in [0.2, 0.25) is 0 Å². The summed E-state index contributed by atoms with van der Waals surface area (Å²) in [6, 6.07) is 14.3. The lowest BCUT2D eigenvalue weighted by Gasteiger charge is -2.16. The molecule has 1 N–H and O–H groups in total. The molecule has 1 aliphatic heterocycles. The van der Waals surface area contributed by atoms with Crippen molar-refractivity contribution in [3.05, 3.63) is 48.7 Å². The first kappa shape index (κ1) is 17.0. The second-order valence-electron chi connectivity index (χ2n) is 6.82. The average molecular weight is 351 g/mol. The normalized spacial score (nSPS) is 17.8. The molecule has 26 heavy (non-hydrogen) atoms. The summed E-state index contributed by atoms with van der Waals surface area (Å²) in [5.74, 6) is 1.64. The fourth-order valence-corrected chi connectivity index (χ4v) is 3.55. The summed E-state index contributed by atoms with van der Waals surface area (Å²) >= 11 is 0. The van der Waals surface area contributed by atoms with Gasteiger partial charge in [0.15, 0.2) is 5.65 Å². The van der Waals surface area contributed by atoms with Gasteiger partial charge in [0.25, 0.3) is 0 Å². The minimum absolute atomic E-state index is 0.644. The van der Waals surface area contributed by atoms with Crippen molar-refractivity contribution in [1.82, 2.24) is 19.5 Å². The summed E-state index contributed by atoms with van der Waals surface area (Å²) in [5, 5.41) is 8.02. The molecule has 1 atom stereocenters. The fourth-order valence-electron chi connectivity index (χ4n) is 3.55. The molecule has 136 valence electrons. The number of hydrogen-bond donors (Lipinski definition) is 1. The molecule has 0 spiro atoms. The van der Waals surface area contributed by atoms with Gasteiger partial charge in [-0.1, -0.05) is 30.3 Å². The molecule has 2 aromatic heterocycles. The van der Waals surface area contributed by atoms with Gasteiger partial charge in [-0.15, -0.1) is 0 Å². The maximum absolute atomic E-state index is 5.19. The van der Waals surface area contributed by atoms with Crippen LogP contribution in [0.5, 0.6) is 0 Å². The van der Waals surface area contributed by atoms with E-state index in [4.69, 9.17) is 9.72 Å². The van der Waals surface area contributed by atoms with E-state index in [1.54, 1.807) is 13.3 Å². The van der Waals surface area contributed by atoms with Crippen LogP contribution >= 0.6 is 0 Å². The number of likely N-dealkylation sites (tertiary alicyclic amines) is 1. The summed E-state index contributed by atoms with van der Waals surface area (Å²) in [6.45, 7) is 5.03. The second-order valence-corrected chi connectivity index (χ2v) is 6.82. The van der Waals surface area contributed by atoms with Crippen molar-refractivity contribution < 1.29 is 4.74 Å². The minimum Gasteiger partial charge on any atom is -0.383 e. The third kappa shape index (κ3) is 3.71. The number of nitrogens with one attached hydrogen (secondary N) is 1. The van der Waals surface area contributed by atoms with Gasteiger partial charge in [0.05, 0.1) is 18.5 Å². The molecule has 0 unspecified atom stereocenters. The Morgan fingerprint density at radius 3 is 2.96 bits per heavy atom. The molecule has 1 fully saturated rings. The molecular weight excluding hydrogens is 326 g/mol. The molecular formula is C20H25N5O. The number of anilines is 1. The molecule has 1 aromatic carbocycles. The van der Waals surface area contributed by atoms with E-state index in [0.29, 0.717) is 5.92 Å². The summed E-state index contributed by atoms with van der Waals surface area (Å²) < 4.78 is 7.07. The Morgan fingerprint density at radius 1 is 1.23 bits per heavy atom. The van der Waals surface area contributed by atoms with Crippen LogP contribution in [-0.2, 0) is 4.74 Å². The van der Waals surface area contributed by atoms with E-state index in [-0.39, 0.29) is 0 Å². The smallest absolute Gasteiger partial charge is 0.157 e. The molecule has 1 aliphatic rings. The van der Waals surface area contributed by atoms with E-state index in [9.17, 15) is 0 Å². The lowest BCUT2D eigenvalue weighted by atomic mass is 10.1. The number of aromatic nitrogens is 3. The van der Waals surface area contributed by atoms with E-state index >= 15 is 0 Å². The van der Waals surface area contributed by atoms with Gasteiger partial charge in [-0.05, 0) is 18.9 Å². The zero-order chi connectivity index (χ0) is 17.8. The first-order chi connectivity index (χ1) is 12.8. The van der Waals surface area contributed by atoms with E-state index in [1.807, 2.05) is 28.8 Å². The molecule has 0 amide bonds. The van der Waals surface area contributed by atoms with Crippen molar-refractivity contribution in [1.29, 1.82) is 0 Å². The van der Waals surface area contributed by atoms with E-state index in [1.165, 1.54) is 6.42 Å². The molecule has 0 bridgehead atoms. The van der Waals surface area contributed by atoms with Crippen molar-refractivity contribution in [3.8, 4) is 11.3 Å². The predicted octanol–water partition coefficient (Wildman–Crippen LogP) is 2.78. The topological polar surface area (TPSA) is 54.7 Å². The van der Waals surface area contributed by atoms with Gasteiger partial charge in [0, 0.05) is 44.4 Å². The first-order valence-electron chi connectivity index (χ1n) is 9.19. The van der Waals surface area contributed by atoms with Gasteiger partial charge in [-0.3, -0.25) is 0 Å². The average Bonchev–Trinajstić information content (AvgIpc) is 3.34. The van der Waals surface area contributed by atoms with Gasteiger partial charge < -0.3 is 15.0 Å². The third-order valence-corrected chi connectivity index (χ3v) is 4.98. The minimum atomic E-state index is 0.644. The van der Waals surface area contributed by atoms with Crippen molar-refractivity contribution in [2.24, 2.45) is 5.92 Å². The molecule has 3 aromatic rings. The summed E-state index contributed by atoms with van der Waals surface area (Å²) in [4.78, 5) is 7.20. The van der Waals surface area contributed by atoms with Crippen LogP contribution in [0.15, 0.2) is 48.7 Å². The van der Waals surface area contributed by atoms with Gasteiger partial charge in [-0.2, -0.15) is 9.61 Å². The Balaban J connectivity index is 1.49. The molecule has 6 nitrogen and oxygen atoms in total. The molecule has 0 aliphatic carbocycles. The molecule has 0 radical (unpaired) electrons. The Bertz CT molecular complexity index is 848. The number of rotatable bonds is 7. The van der Waals surface area contributed by atoms with E-state index in [2.05, 4.69) is 33.5 Å². The monoisotopic (exact) mass is 351 g/mol. The molecule has 6 heteroatoms. The second kappa shape index (κ2) is 7.85. The SMILES string of the molecule is COCCN1CC[C@@H](CNc2cc(-c3ccccc3)nc3ccnn23)C1. The number of hydrogen-bond acceptors (Lipinski definition) is 5. The number of ether oxygens (including phenoxy) is 1. The Morgan fingerprint density at radius 2 is 2.12 bits per heavy atom. The Hall–Kier alpha value is -2.44. The van der Waals surface area contributed by atoms with Crippen LogP contribution < -0.4 is 5.32 Å². The fraction of sp³-hybridized carbons (Fsp3) is 0.400. The van der Waals surface area contributed by atoms with Crippen molar-refractivity contribution >= 4 is 11.5 Å². The van der Waals surface area contributed by atoms with Gasteiger partial charge in [-0.25, -0.2) is 4.98 Å². The highest BCUT2D eigenvalue weighted by molar-refractivity contribution is 5.66. The highest BCUT2D eigenvalue weighted by atomic mass is 16.5. The number of methoxy groups -OCH3 is 1. The van der Waals surface area contributed by atoms with Gasteiger partial charge in [0.1, 0.15) is 5.82 Å². The first-order valence-corrected chi connectivity index (χ1v) is 9.19. The molecule has 1 saturated heterocycles. The van der Waals surface area contributed by atoms with E-state index in [0.717, 1.165) is 55.5 Å². The standard InChI is InChI=1S/C20H25N5O/c1-26-12-11-24-10-8-16(15-24)14-21-20-13-18(17-5-3-2-4-6-17)23-19-7-9-22-25(19)20/h2-7,9,13,16,21H,8,10-12,14-15H2,1H3/t16-/m0/s1. The van der Waals surface area contributed by atoms with Crippen LogP contribution in [0.1, 0.15) is 6.42 Å². The summed E-state index contributed by atoms with van der Waals surface area (Å²) in [6.07, 6.45) is 3.01. The highest BCUT2D eigenvalue weighted by Crippen LogP contribution is 2.23. The zero-order valence-corrected chi connectivity index (χ0v) is 15.1. The van der Waals surface area contributed by atoms with Crippen LogP contribution in [0.3, 0.4) is 0 Å². The number of nitrogens with zero attached hydrogens (tertiary/aromatic N) is 4. The van der Waals surface area contributed by atoms with Crippen molar-refractivity contribution in [2.75, 3.05) is 45.2 Å². The Kier molecular flexibility index (Phi) is 5.13. The quantitative estimate of drug-likeness (QED) is 0.709. The molecule has 3 heterocycles. The lowest BCUT2D eigenvalue weighted by molar-refractivity contribution is 0.159. The van der Waals surface area contributed by atoms with Gasteiger partial charge in [0.2, 0.25) is 0 Å². The van der Waals surface area contributed by atoms with Crippen LogP contribution in [0.25, 0.3) is 16.9 Å². The maximum atomic E-state index is 5.19. The predicted molar refractivity (Wildman–Crippen MR) is 103 cm³/mol. The summed E-state index contributed by atoms with van der Waals surface area (Å²) in [7, 11) is 1.76. The molecule has 4 rings (SSSR count). The third-order valence-electron chi connectivity index (χ3n) is 4.98. The summed E-state index contributed by atoms with van der Waals surface area (Å²) in [5.41, 5.74) is 2.95. The Labute approximate surface area is 153 Å². The van der Waals surface area contributed by atoms with Crippen molar-refractivity contribution in [3.63, 3.8) is 0 Å². The molecule has 0 saturated carbocycles. The van der Waals surface area contributed by atoms with Crippen molar-refractivity contribution in [2.45, 2.75) is 6.42 Å². The number of benzene rings is 1. The van der Waals surface area contributed by atoms with E-state index < -0.39 is 0 Å². The van der Waals surface area contributed by atoms with Crippen LogP contribution in [0.4, 0.5) is 5.82 Å².